The van der Waals surface area contributed by atoms with Crippen molar-refractivity contribution in [2.24, 2.45) is 0 Å². The number of aliphatic hydroxyl groups is 1. The molecule has 0 aliphatic heterocycles. The minimum atomic E-state index is -3.82. The van der Waals surface area contributed by atoms with Crippen LogP contribution < -0.4 is 0 Å². The predicted molar refractivity (Wildman–Crippen MR) is 57.1 cm³/mol. The number of halogens is 1. The maximum absolute atomic E-state index is 13.4. The van der Waals surface area contributed by atoms with Gasteiger partial charge in [0.15, 0.2) is 9.84 Å². The Labute approximate surface area is 97.4 Å². The molecule has 0 aliphatic carbocycles. The van der Waals surface area contributed by atoms with E-state index in [2.05, 4.69) is 0 Å². The van der Waals surface area contributed by atoms with E-state index >= 15 is 0 Å². The predicted octanol–water partition coefficient (Wildman–Crippen LogP) is 0.680. The quantitative estimate of drug-likeness (QED) is 0.814. The minimum Gasteiger partial charge on any atom is -0.478 e. The lowest BCUT2D eigenvalue weighted by Crippen LogP contribution is -2.11. The van der Waals surface area contributed by atoms with Crippen LogP contribution >= 0.6 is 0 Å². The summed E-state index contributed by atoms with van der Waals surface area (Å²) in [4.78, 5) is 9.99. The molecule has 1 aromatic rings. The van der Waals surface area contributed by atoms with E-state index in [1.165, 1.54) is 0 Å². The molecule has 1 rings (SSSR count). The molecule has 0 amide bonds. The van der Waals surface area contributed by atoms with Crippen molar-refractivity contribution >= 4 is 15.8 Å². The van der Waals surface area contributed by atoms with Gasteiger partial charge in [-0.25, -0.2) is 17.6 Å². The molecular weight excluding hydrogens is 251 g/mol. The Morgan fingerprint density at radius 3 is 2.47 bits per heavy atom. The van der Waals surface area contributed by atoms with Crippen LogP contribution in [-0.2, 0) is 9.84 Å². The number of aliphatic hydroxyl groups excluding tert-OH is 1. The molecule has 17 heavy (non-hydrogen) atoms. The molecule has 0 radical (unpaired) electrons. The topological polar surface area (TPSA) is 91.7 Å². The van der Waals surface area contributed by atoms with Crippen LogP contribution in [0.25, 0.3) is 0 Å². The van der Waals surface area contributed by atoms with Crippen LogP contribution in [-0.4, -0.2) is 37.0 Å². The zero-order chi connectivity index (χ0) is 13.1. The number of carboxylic acid groups (broad SMARTS) is 1. The highest BCUT2D eigenvalue weighted by atomic mass is 32.2. The van der Waals surface area contributed by atoms with E-state index in [-0.39, 0.29) is 24.3 Å². The lowest BCUT2D eigenvalue weighted by atomic mass is 10.2. The monoisotopic (exact) mass is 262 g/mol. The van der Waals surface area contributed by atoms with Crippen molar-refractivity contribution in [3.63, 3.8) is 0 Å². The summed E-state index contributed by atoms with van der Waals surface area (Å²) in [6.45, 7) is -0.311. The molecule has 2 N–H and O–H groups in total. The molecule has 94 valence electrons. The third-order valence-electron chi connectivity index (χ3n) is 2.09. The first kappa shape index (κ1) is 13.6. The van der Waals surface area contributed by atoms with Crippen molar-refractivity contribution in [1.82, 2.24) is 0 Å². The van der Waals surface area contributed by atoms with Crippen LogP contribution in [0.4, 0.5) is 4.39 Å². The summed E-state index contributed by atoms with van der Waals surface area (Å²) in [5.74, 6) is -2.81. The fourth-order valence-corrected chi connectivity index (χ4v) is 2.61. The third-order valence-corrected chi connectivity index (χ3v) is 3.91. The van der Waals surface area contributed by atoms with Gasteiger partial charge in [-0.3, -0.25) is 0 Å². The van der Waals surface area contributed by atoms with E-state index in [1.54, 1.807) is 0 Å². The highest BCUT2D eigenvalue weighted by Crippen LogP contribution is 2.18. The van der Waals surface area contributed by atoms with E-state index < -0.39 is 26.5 Å². The number of aromatic carboxylic acids is 1. The Hall–Kier alpha value is -1.47. The van der Waals surface area contributed by atoms with Crippen LogP contribution in [0.15, 0.2) is 23.1 Å². The van der Waals surface area contributed by atoms with Crippen molar-refractivity contribution in [3.05, 3.63) is 29.6 Å². The summed E-state index contributed by atoms with van der Waals surface area (Å²) in [5.41, 5.74) is -0.316. The second-order valence-electron chi connectivity index (χ2n) is 3.35. The number of hydrogen-bond acceptors (Lipinski definition) is 4. The summed E-state index contributed by atoms with van der Waals surface area (Å²) < 4.78 is 36.6. The second kappa shape index (κ2) is 5.24. The molecule has 0 saturated heterocycles. The molecule has 0 spiro atoms. The summed E-state index contributed by atoms with van der Waals surface area (Å²) in [6.07, 6.45) is 0.00244. The molecule has 5 nitrogen and oxygen atoms in total. The molecule has 7 heteroatoms. The van der Waals surface area contributed by atoms with Gasteiger partial charge < -0.3 is 10.2 Å². The van der Waals surface area contributed by atoms with Gasteiger partial charge in [0.1, 0.15) is 10.7 Å². The number of benzene rings is 1. The number of hydrogen-bond donors (Lipinski definition) is 2. The molecule has 0 aromatic heterocycles. The highest BCUT2D eigenvalue weighted by Gasteiger charge is 2.20. The van der Waals surface area contributed by atoms with Gasteiger partial charge in [-0.05, 0) is 24.6 Å². The van der Waals surface area contributed by atoms with E-state index in [1.807, 2.05) is 0 Å². The zero-order valence-corrected chi connectivity index (χ0v) is 9.58. The number of carboxylic acids is 1. The molecular formula is C10H11FO5S. The van der Waals surface area contributed by atoms with E-state index in [4.69, 9.17) is 10.2 Å². The normalized spacial score (nSPS) is 11.4. The number of sulfone groups is 1. The van der Waals surface area contributed by atoms with Crippen molar-refractivity contribution in [1.29, 1.82) is 0 Å². The second-order valence-corrected chi connectivity index (χ2v) is 5.42. The number of rotatable bonds is 5. The van der Waals surface area contributed by atoms with Crippen molar-refractivity contribution in [2.45, 2.75) is 11.3 Å². The first-order valence-electron chi connectivity index (χ1n) is 4.75. The Kier molecular flexibility index (Phi) is 4.19. The van der Waals surface area contributed by atoms with E-state index in [0.29, 0.717) is 6.07 Å². The summed E-state index contributed by atoms with van der Waals surface area (Å²) in [7, 11) is -3.82. The first-order chi connectivity index (χ1) is 7.88. The van der Waals surface area contributed by atoms with E-state index in [0.717, 1.165) is 12.1 Å². The molecule has 0 saturated carbocycles. The van der Waals surface area contributed by atoms with Gasteiger partial charge in [-0.1, -0.05) is 0 Å². The standard InChI is InChI=1S/C10H11FO5S/c11-8-6-7(10(13)14)2-3-9(8)17(15,16)5-1-4-12/h2-3,6,12H,1,4-5H2,(H,13,14). The lowest BCUT2D eigenvalue weighted by Gasteiger charge is -2.05. The van der Waals surface area contributed by atoms with Gasteiger partial charge in [0.2, 0.25) is 0 Å². The largest absolute Gasteiger partial charge is 0.478 e. The van der Waals surface area contributed by atoms with Crippen LogP contribution in [0.3, 0.4) is 0 Å². The Morgan fingerprint density at radius 1 is 1.35 bits per heavy atom. The molecule has 1 aromatic carbocycles. The highest BCUT2D eigenvalue weighted by molar-refractivity contribution is 7.91. The van der Waals surface area contributed by atoms with Crippen molar-refractivity contribution < 1.29 is 27.8 Å². The average molecular weight is 262 g/mol. The molecule has 0 atom stereocenters. The Bertz CT molecular complexity index is 523. The van der Waals surface area contributed by atoms with Crippen LogP contribution in [0.1, 0.15) is 16.8 Å². The van der Waals surface area contributed by atoms with Crippen molar-refractivity contribution in [3.8, 4) is 0 Å². The fraction of sp³-hybridized carbons (Fsp3) is 0.300. The SMILES string of the molecule is O=C(O)c1ccc(S(=O)(=O)CCCO)c(F)c1. The lowest BCUT2D eigenvalue weighted by molar-refractivity contribution is 0.0696. The molecule has 0 heterocycles. The van der Waals surface area contributed by atoms with Crippen LogP contribution in [0.5, 0.6) is 0 Å². The molecule has 0 aliphatic rings. The minimum absolute atomic E-state index is 0.00244. The summed E-state index contributed by atoms with van der Waals surface area (Å²) in [6, 6.07) is 2.61. The molecule has 0 fully saturated rings. The Balaban J connectivity index is 3.12. The van der Waals surface area contributed by atoms with Crippen molar-refractivity contribution in [2.75, 3.05) is 12.4 Å². The van der Waals surface area contributed by atoms with Gasteiger partial charge in [-0.15, -0.1) is 0 Å². The summed E-state index contributed by atoms with van der Waals surface area (Å²) >= 11 is 0. The molecule has 0 unspecified atom stereocenters. The van der Waals surface area contributed by atoms with Gasteiger partial charge in [0.05, 0.1) is 11.3 Å². The van der Waals surface area contributed by atoms with E-state index in [9.17, 15) is 17.6 Å². The smallest absolute Gasteiger partial charge is 0.335 e. The van der Waals surface area contributed by atoms with Gasteiger partial charge in [0.25, 0.3) is 0 Å². The van der Waals surface area contributed by atoms with Gasteiger partial charge in [-0.2, -0.15) is 0 Å². The third kappa shape index (κ3) is 3.24. The number of carbonyl (C=O) groups is 1. The maximum Gasteiger partial charge on any atom is 0.335 e. The zero-order valence-electron chi connectivity index (χ0n) is 8.76. The van der Waals surface area contributed by atoms with Gasteiger partial charge in [0, 0.05) is 6.61 Å². The van der Waals surface area contributed by atoms with Crippen LogP contribution in [0.2, 0.25) is 0 Å². The van der Waals surface area contributed by atoms with Gasteiger partial charge >= 0.3 is 5.97 Å². The molecule has 0 bridgehead atoms. The Morgan fingerprint density at radius 2 is 2.00 bits per heavy atom. The average Bonchev–Trinajstić information content (AvgIpc) is 2.25. The maximum atomic E-state index is 13.4. The first-order valence-corrected chi connectivity index (χ1v) is 6.40. The van der Waals surface area contributed by atoms with Crippen LogP contribution in [0, 0.1) is 5.82 Å². The fourth-order valence-electron chi connectivity index (χ4n) is 1.25. The summed E-state index contributed by atoms with van der Waals surface area (Å²) in [5, 5.41) is 17.1.